The molecule has 0 saturated carbocycles. The van der Waals surface area contributed by atoms with Crippen molar-refractivity contribution >= 4 is 33.7 Å². The van der Waals surface area contributed by atoms with Gasteiger partial charge in [0.2, 0.25) is 5.91 Å². The van der Waals surface area contributed by atoms with Crippen molar-refractivity contribution in [2.45, 2.75) is 83.2 Å². The number of rotatable bonds is 13. The molecule has 0 spiro atoms. The highest BCUT2D eigenvalue weighted by Gasteiger charge is 2.38. The molecule has 1 atom stereocenters. The minimum absolute atomic E-state index is 0.0526. The number of halogens is 4. The number of alkyl halides is 3. The van der Waals surface area contributed by atoms with Gasteiger partial charge >= 0.3 is 12.1 Å². The number of amides is 2. The largest absolute Gasteiger partial charge is 0.490 e. The minimum atomic E-state index is -5.08. The first-order valence-corrected chi connectivity index (χ1v) is 20.8. The number of carboxylic acids is 1. The van der Waals surface area contributed by atoms with Gasteiger partial charge in [0.05, 0.1) is 13.0 Å². The lowest BCUT2D eigenvalue weighted by Gasteiger charge is -2.32. The first-order chi connectivity index (χ1) is 27.7. The number of piperidine rings is 2. The smallest absolute Gasteiger partial charge is 0.475 e. The third-order valence-electron chi connectivity index (χ3n) is 11.0. The quantitative estimate of drug-likeness (QED) is 0.147. The predicted octanol–water partition coefficient (Wildman–Crippen LogP) is 8.91. The van der Waals surface area contributed by atoms with Crippen LogP contribution in [0.3, 0.4) is 0 Å². The number of carbonyl (C=O) groups excluding carboxylic acids is 2. The van der Waals surface area contributed by atoms with E-state index >= 15 is 0 Å². The van der Waals surface area contributed by atoms with Crippen LogP contribution in [-0.4, -0.2) is 82.5 Å². The molecule has 3 aliphatic rings. The lowest BCUT2D eigenvalue weighted by Crippen LogP contribution is -2.38. The van der Waals surface area contributed by atoms with E-state index in [4.69, 9.17) is 14.6 Å². The molecule has 2 heterocycles. The molecule has 13 heteroatoms. The third kappa shape index (κ3) is 13.1. The van der Waals surface area contributed by atoms with Gasteiger partial charge in [-0.3, -0.25) is 9.59 Å². The van der Waals surface area contributed by atoms with Gasteiger partial charge in [0, 0.05) is 41.9 Å². The fourth-order valence-corrected chi connectivity index (χ4v) is 8.14. The van der Waals surface area contributed by atoms with Gasteiger partial charge in [-0.05, 0) is 116 Å². The molecule has 312 valence electrons. The van der Waals surface area contributed by atoms with Gasteiger partial charge in [0.15, 0.2) is 5.79 Å². The van der Waals surface area contributed by atoms with Gasteiger partial charge in [-0.1, -0.05) is 89.8 Å². The maximum Gasteiger partial charge on any atom is 0.490 e. The lowest BCUT2D eigenvalue weighted by atomic mass is 9.87. The van der Waals surface area contributed by atoms with E-state index in [0.717, 1.165) is 70.2 Å². The Morgan fingerprint density at radius 1 is 0.931 bits per heavy atom. The molecule has 3 N–H and O–H groups in total. The Bertz CT molecular complexity index is 1920. The first-order valence-electron chi connectivity index (χ1n) is 20.0. The molecule has 0 bridgehead atoms. The second-order valence-electron chi connectivity index (χ2n) is 15.1. The molecule has 3 aromatic rings. The molecular weight excluding hydrogens is 815 g/mol. The summed E-state index contributed by atoms with van der Waals surface area (Å²) in [5, 5.41) is 21.4. The highest BCUT2D eigenvalue weighted by atomic mass is 79.9. The van der Waals surface area contributed by atoms with Crippen molar-refractivity contribution in [1.29, 1.82) is 0 Å². The van der Waals surface area contributed by atoms with Gasteiger partial charge in [-0.2, -0.15) is 13.2 Å². The summed E-state index contributed by atoms with van der Waals surface area (Å²) in [5.74, 6) is -2.47. The van der Waals surface area contributed by atoms with Crippen molar-refractivity contribution in [1.82, 2.24) is 15.1 Å². The molecule has 2 aliphatic heterocycles. The molecule has 0 radical (unpaired) electrons. The van der Waals surface area contributed by atoms with Crippen molar-refractivity contribution < 1.29 is 42.5 Å². The van der Waals surface area contributed by atoms with Crippen LogP contribution in [0.4, 0.5) is 13.2 Å². The average molecular weight is 869 g/mol. The summed E-state index contributed by atoms with van der Waals surface area (Å²) in [6.45, 7) is 6.57. The molecule has 1 aliphatic carbocycles. The Balaban J connectivity index is 0.000000839. The second kappa shape index (κ2) is 21.1. The Hall–Kier alpha value is -4.30. The number of carbonyl (C=O) groups is 3. The fraction of sp³-hybridized carbons (Fsp3) is 0.444. The summed E-state index contributed by atoms with van der Waals surface area (Å²) in [6, 6.07) is 23.9. The van der Waals surface area contributed by atoms with Gasteiger partial charge in [-0.25, -0.2) is 4.79 Å². The van der Waals surface area contributed by atoms with E-state index in [0.29, 0.717) is 18.7 Å². The Labute approximate surface area is 347 Å². The summed E-state index contributed by atoms with van der Waals surface area (Å²) < 4.78 is 38.2. The Kier molecular flexibility index (Phi) is 16.3. The number of ether oxygens (including phenoxy) is 1. The van der Waals surface area contributed by atoms with E-state index in [9.17, 15) is 27.9 Å². The zero-order chi connectivity index (χ0) is 41.7. The SMILES string of the molecule is CCOC1(O)C=CC(N(Cc2cccc(-c3cccc(C(=O)N4CCC(CCCC5CCNCC5)CC4)c3)c2)C(=O)Cc2ccccc2Br)=CC1.O=C(O)C(F)(F)F. The summed E-state index contributed by atoms with van der Waals surface area (Å²) in [6.07, 6.45) is 9.42. The van der Waals surface area contributed by atoms with Crippen LogP contribution >= 0.6 is 15.9 Å². The molecule has 9 nitrogen and oxygen atoms in total. The number of aliphatic carboxylic acids is 1. The number of nitrogens with zero attached hydrogens (tertiary/aromatic N) is 2. The summed E-state index contributed by atoms with van der Waals surface area (Å²) >= 11 is 3.59. The van der Waals surface area contributed by atoms with E-state index in [-0.39, 0.29) is 24.7 Å². The molecule has 2 saturated heterocycles. The van der Waals surface area contributed by atoms with Crippen molar-refractivity contribution in [3.63, 3.8) is 0 Å². The van der Waals surface area contributed by atoms with Gasteiger partial charge in [0.1, 0.15) is 0 Å². The van der Waals surface area contributed by atoms with Crippen LogP contribution in [0.5, 0.6) is 0 Å². The van der Waals surface area contributed by atoms with Crippen LogP contribution in [0.15, 0.2) is 101 Å². The number of hydrogen-bond donors (Lipinski definition) is 3. The molecule has 58 heavy (non-hydrogen) atoms. The van der Waals surface area contributed by atoms with E-state index in [2.05, 4.69) is 33.4 Å². The van der Waals surface area contributed by atoms with Gasteiger partial charge in [0.25, 0.3) is 5.91 Å². The maximum atomic E-state index is 13.9. The van der Waals surface area contributed by atoms with Gasteiger partial charge < -0.3 is 30.1 Å². The minimum Gasteiger partial charge on any atom is -0.475 e. The number of carboxylic acid groups (broad SMARTS) is 1. The summed E-state index contributed by atoms with van der Waals surface area (Å²) in [7, 11) is 0. The molecule has 6 rings (SSSR count). The zero-order valence-electron chi connectivity index (χ0n) is 32.9. The monoisotopic (exact) mass is 867 g/mol. The standard InChI is InChI=1S/C43H52BrN3O4.C2HF3O2/c1-2-51-43(50)22-16-39(17-23-43)47(41(48)30-37-11-3-4-15-40(37)44)31-34-10-6-12-35(28-34)36-13-7-14-38(29-36)42(49)46-26-20-33(21-27-46)9-5-8-32-18-24-45-25-19-32;3-2(4,5)1(6)7/h3-4,6-7,10-17,22,28-29,32-33,45,50H,2,5,8-9,18-21,23-27,30-31H2,1H3;(H,6,7). The maximum absolute atomic E-state index is 13.9. The van der Waals surface area contributed by atoms with E-state index in [1.165, 1.54) is 45.2 Å². The molecule has 0 aromatic heterocycles. The molecule has 2 fully saturated rings. The topological polar surface area (TPSA) is 119 Å². The summed E-state index contributed by atoms with van der Waals surface area (Å²) in [4.78, 5) is 40.3. The third-order valence-corrected chi connectivity index (χ3v) is 11.7. The average Bonchev–Trinajstić information content (AvgIpc) is 3.22. The number of aliphatic hydroxyl groups is 1. The number of nitrogens with one attached hydrogen (secondary N) is 1. The fourth-order valence-electron chi connectivity index (χ4n) is 7.72. The summed E-state index contributed by atoms with van der Waals surface area (Å²) in [5.41, 5.74) is 5.27. The van der Waals surface area contributed by atoms with Crippen molar-refractivity contribution in [2.75, 3.05) is 32.8 Å². The highest BCUT2D eigenvalue weighted by Crippen LogP contribution is 2.30. The Morgan fingerprint density at radius 3 is 2.19 bits per heavy atom. The van der Waals surface area contributed by atoms with Crippen LogP contribution in [0.2, 0.25) is 0 Å². The second-order valence-corrected chi connectivity index (χ2v) is 16.0. The normalized spacial score (nSPS) is 18.9. The van der Waals surface area contributed by atoms with Crippen LogP contribution in [0, 0.1) is 11.8 Å². The van der Waals surface area contributed by atoms with Crippen LogP contribution < -0.4 is 5.32 Å². The van der Waals surface area contributed by atoms with Crippen LogP contribution in [0.1, 0.15) is 79.8 Å². The number of allylic oxidation sites excluding steroid dienone is 1. The van der Waals surface area contributed by atoms with Crippen LogP contribution in [-0.2, 0) is 27.3 Å². The number of likely N-dealkylation sites (tertiary alicyclic amines) is 1. The first kappa shape index (κ1) is 44.8. The lowest BCUT2D eigenvalue weighted by molar-refractivity contribution is -0.192. The van der Waals surface area contributed by atoms with E-state index in [1.807, 2.05) is 78.6 Å². The van der Waals surface area contributed by atoms with Gasteiger partial charge in [-0.15, -0.1) is 0 Å². The molecule has 1 unspecified atom stereocenters. The van der Waals surface area contributed by atoms with Crippen molar-refractivity contribution in [3.05, 3.63) is 118 Å². The number of hydrogen-bond acceptors (Lipinski definition) is 6. The van der Waals surface area contributed by atoms with Crippen LogP contribution in [0.25, 0.3) is 11.1 Å². The predicted molar refractivity (Wildman–Crippen MR) is 220 cm³/mol. The van der Waals surface area contributed by atoms with Crippen molar-refractivity contribution in [2.24, 2.45) is 11.8 Å². The molecule has 2 amide bonds. The Morgan fingerprint density at radius 2 is 1.57 bits per heavy atom. The number of benzene rings is 3. The van der Waals surface area contributed by atoms with Crippen molar-refractivity contribution in [3.8, 4) is 11.1 Å². The highest BCUT2D eigenvalue weighted by molar-refractivity contribution is 9.10. The molecule has 3 aromatic carbocycles. The zero-order valence-corrected chi connectivity index (χ0v) is 34.4. The van der Waals surface area contributed by atoms with E-state index in [1.54, 1.807) is 17.1 Å². The molecular formula is C45H53BrF3N3O6. The van der Waals surface area contributed by atoms with E-state index < -0.39 is 17.9 Å².